The Morgan fingerprint density at radius 1 is 1.17 bits per heavy atom. The molecule has 1 atom stereocenters. The van der Waals surface area contributed by atoms with Crippen LogP contribution in [0.4, 0.5) is 5.69 Å². The number of benzene rings is 2. The van der Waals surface area contributed by atoms with E-state index in [2.05, 4.69) is 11.4 Å². The summed E-state index contributed by atoms with van der Waals surface area (Å²) >= 11 is 1.70. The van der Waals surface area contributed by atoms with Crippen molar-refractivity contribution < 1.29 is 19.2 Å². The van der Waals surface area contributed by atoms with Gasteiger partial charge < -0.3 is 14.5 Å². The van der Waals surface area contributed by atoms with Crippen LogP contribution in [-0.4, -0.2) is 59.4 Å². The van der Waals surface area contributed by atoms with Crippen molar-refractivity contribution in [1.82, 2.24) is 9.80 Å². The molecule has 0 saturated carbocycles. The maximum Gasteiger partial charge on any atom is 0.270 e. The number of carbonyl (C=O) groups excluding carboxylic acids is 2. The van der Waals surface area contributed by atoms with Gasteiger partial charge in [-0.05, 0) is 48.4 Å². The van der Waals surface area contributed by atoms with Gasteiger partial charge in [0.25, 0.3) is 11.6 Å². The van der Waals surface area contributed by atoms with Crippen molar-refractivity contribution in [2.24, 2.45) is 0 Å². The van der Waals surface area contributed by atoms with E-state index in [1.54, 1.807) is 17.4 Å². The fraction of sp³-hybridized carbons (Fsp3) is 0.333. The van der Waals surface area contributed by atoms with Gasteiger partial charge in [-0.25, -0.2) is 0 Å². The van der Waals surface area contributed by atoms with Crippen LogP contribution in [0.15, 0.2) is 66.0 Å². The number of ether oxygens (including phenoxy) is 1. The summed E-state index contributed by atoms with van der Waals surface area (Å²) in [4.78, 5) is 42.4. The Balaban J connectivity index is 1.59. The number of fused-ring (bicyclic) bond motifs is 1. The van der Waals surface area contributed by atoms with Gasteiger partial charge in [0.1, 0.15) is 6.54 Å². The SMILES string of the molecule is CCOCCCN(CC(=O)N1CCc2sccc2C1c1ccccc1)C(=O)c1cccc([N+](=O)[O-])c1. The molecule has 1 aliphatic rings. The zero-order valence-corrected chi connectivity index (χ0v) is 21.0. The standard InChI is InChI=1S/C27H29N3O5S/c1-2-35-16-7-14-28(27(32)21-10-6-11-22(18-21)30(33)34)19-25(31)29-15-12-24-23(13-17-36-24)26(29)20-8-4-3-5-9-20/h3-6,8-11,13,17-18,26H,2,7,12,14-16,19H2,1H3. The number of thiophene rings is 1. The van der Waals surface area contributed by atoms with Crippen molar-refractivity contribution in [3.05, 3.63) is 97.7 Å². The molecule has 1 aliphatic heterocycles. The van der Waals surface area contributed by atoms with Crippen LogP contribution in [0, 0.1) is 10.1 Å². The largest absolute Gasteiger partial charge is 0.382 e. The van der Waals surface area contributed by atoms with Crippen LogP contribution in [0.25, 0.3) is 0 Å². The van der Waals surface area contributed by atoms with Crippen molar-refractivity contribution >= 4 is 28.8 Å². The Morgan fingerprint density at radius 2 is 1.97 bits per heavy atom. The molecule has 3 aromatic rings. The number of nitro benzene ring substituents is 1. The molecular formula is C27H29N3O5S. The van der Waals surface area contributed by atoms with Gasteiger partial charge in [-0.2, -0.15) is 0 Å². The lowest BCUT2D eigenvalue weighted by Crippen LogP contribution is -2.47. The first-order valence-corrected chi connectivity index (χ1v) is 12.9. The number of non-ortho nitro benzene ring substituents is 1. The van der Waals surface area contributed by atoms with Crippen LogP contribution in [0.1, 0.15) is 45.7 Å². The Labute approximate surface area is 214 Å². The van der Waals surface area contributed by atoms with Crippen LogP contribution < -0.4 is 0 Å². The maximum absolute atomic E-state index is 13.7. The van der Waals surface area contributed by atoms with Crippen LogP contribution >= 0.6 is 11.3 Å². The number of amides is 2. The van der Waals surface area contributed by atoms with Crippen LogP contribution in [0.5, 0.6) is 0 Å². The Morgan fingerprint density at radius 3 is 2.72 bits per heavy atom. The van der Waals surface area contributed by atoms with Crippen molar-refractivity contribution in [3.63, 3.8) is 0 Å². The highest BCUT2D eigenvalue weighted by Crippen LogP contribution is 2.37. The van der Waals surface area contributed by atoms with E-state index < -0.39 is 10.8 Å². The first kappa shape index (κ1) is 25.5. The highest BCUT2D eigenvalue weighted by Gasteiger charge is 2.34. The summed E-state index contributed by atoms with van der Waals surface area (Å²) in [5, 5.41) is 13.3. The molecule has 2 aromatic carbocycles. The summed E-state index contributed by atoms with van der Waals surface area (Å²) in [6.45, 7) is 3.67. The van der Waals surface area contributed by atoms with Gasteiger partial charge >= 0.3 is 0 Å². The van der Waals surface area contributed by atoms with Gasteiger partial charge in [-0.3, -0.25) is 19.7 Å². The quantitative estimate of drug-likeness (QED) is 0.225. The molecule has 0 radical (unpaired) electrons. The number of hydrogen-bond acceptors (Lipinski definition) is 6. The first-order chi connectivity index (χ1) is 17.5. The number of carbonyl (C=O) groups is 2. The molecule has 0 saturated heterocycles. The molecule has 0 bridgehead atoms. The number of nitrogens with zero attached hydrogens (tertiary/aromatic N) is 3. The van der Waals surface area contributed by atoms with E-state index in [0.717, 1.165) is 17.5 Å². The second-order valence-electron chi connectivity index (χ2n) is 8.53. The second kappa shape index (κ2) is 11.9. The van der Waals surface area contributed by atoms with E-state index in [1.165, 1.54) is 28.0 Å². The molecule has 1 unspecified atom stereocenters. The third kappa shape index (κ3) is 5.80. The minimum absolute atomic E-state index is 0.115. The molecule has 0 N–H and O–H groups in total. The fourth-order valence-electron chi connectivity index (χ4n) is 4.52. The Kier molecular flexibility index (Phi) is 8.45. The van der Waals surface area contributed by atoms with Crippen molar-refractivity contribution in [2.75, 3.05) is 32.8 Å². The lowest BCUT2D eigenvalue weighted by atomic mass is 9.93. The molecule has 1 aromatic heterocycles. The molecule has 0 fully saturated rings. The van der Waals surface area contributed by atoms with Gasteiger partial charge in [0.05, 0.1) is 11.0 Å². The van der Waals surface area contributed by atoms with E-state index in [-0.39, 0.29) is 29.7 Å². The molecule has 36 heavy (non-hydrogen) atoms. The topological polar surface area (TPSA) is 93.0 Å². The summed E-state index contributed by atoms with van der Waals surface area (Å²) in [5.41, 5.74) is 2.18. The molecule has 9 heteroatoms. The summed E-state index contributed by atoms with van der Waals surface area (Å²) in [7, 11) is 0. The zero-order valence-electron chi connectivity index (χ0n) is 20.2. The number of rotatable bonds is 10. The lowest BCUT2D eigenvalue weighted by Gasteiger charge is -2.37. The molecule has 0 spiro atoms. The molecular weight excluding hydrogens is 478 g/mol. The lowest BCUT2D eigenvalue weighted by molar-refractivity contribution is -0.384. The molecule has 4 rings (SSSR count). The smallest absolute Gasteiger partial charge is 0.270 e. The van der Waals surface area contributed by atoms with Gasteiger partial charge in [0.15, 0.2) is 0 Å². The number of nitro groups is 1. The van der Waals surface area contributed by atoms with E-state index in [1.807, 2.05) is 42.2 Å². The predicted molar refractivity (Wildman–Crippen MR) is 138 cm³/mol. The van der Waals surface area contributed by atoms with Crippen molar-refractivity contribution in [1.29, 1.82) is 0 Å². The van der Waals surface area contributed by atoms with E-state index in [0.29, 0.717) is 32.7 Å². The maximum atomic E-state index is 13.7. The summed E-state index contributed by atoms with van der Waals surface area (Å²) in [6, 6.07) is 17.4. The third-order valence-corrected chi connectivity index (χ3v) is 7.24. The van der Waals surface area contributed by atoms with Crippen LogP contribution in [-0.2, 0) is 16.0 Å². The van der Waals surface area contributed by atoms with Gasteiger partial charge in [0, 0.05) is 48.9 Å². The van der Waals surface area contributed by atoms with Crippen LogP contribution in [0.2, 0.25) is 0 Å². The molecule has 2 amide bonds. The molecule has 0 aliphatic carbocycles. The van der Waals surface area contributed by atoms with Crippen molar-refractivity contribution in [2.45, 2.75) is 25.8 Å². The molecule has 188 valence electrons. The van der Waals surface area contributed by atoms with E-state index >= 15 is 0 Å². The van der Waals surface area contributed by atoms with E-state index in [4.69, 9.17) is 4.74 Å². The zero-order chi connectivity index (χ0) is 25.5. The second-order valence-corrected chi connectivity index (χ2v) is 9.53. The fourth-order valence-corrected chi connectivity index (χ4v) is 5.43. The monoisotopic (exact) mass is 507 g/mol. The Hall–Kier alpha value is -3.56. The van der Waals surface area contributed by atoms with Gasteiger partial charge in [-0.15, -0.1) is 11.3 Å². The minimum Gasteiger partial charge on any atom is -0.382 e. The normalized spacial score (nSPS) is 14.8. The summed E-state index contributed by atoms with van der Waals surface area (Å²) < 4.78 is 5.42. The Bertz CT molecular complexity index is 1210. The predicted octanol–water partition coefficient (Wildman–Crippen LogP) is 4.70. The van der Waals surface area contributed by atoms with Crippen LogP contribution in [0.3, 0.4) is 0 Å². The molecule has 8 nitrogen and oxygen atoms in total. The average molecular weight is 508 g/mol. The average Bonchev–Trinajstić information content (AvgIpc) is 3.39. The summed E-state index contributed by atoms with van der Waals surface area (Å²) in [6.07, 6.45) is 1.32. The highest BCUT2D eigenvalue weighted by atomic mass is 32.1. The van der Waals surface area contributed by atoms with Gasteiger partial charge in [0.2, 0.25) is 5.91 Å². The highest BCUT2D eigenvalue weighted by molar-refractivity contribution is 7.10. The summed E-state index contributed by atoms with van der Waals surface area (Å²) in [5.74, 6) is -0.566. The molecule has 2 heterocycles. The van der Waals surface area contributed by atoms with E-state index in [9.17, 15) is 19.7 Å². The number of hydrogen-bond donors (Lipinski definition) is 0. The third-order valence-electron chi connectivity index (χ3n) is 6.24. The van der Waals surface area contributed by atoms with Gasteiger partial charge in [-0.1, -0.05) is 36.4 Å². The first-order valence-electron chi connectivity index (χ1n) is 12.0. The van der Waals surface area contributed by atoms with Crippen molar-refractivity contribution in [3.8, 4) is 0 Å². The minimum atomic E-state index is -0.530.